The van der Waals surface area contributed by atoms with E-state index < -0.39 is 0 Å². The number of aryl methyl sites for hydroxylation is 1. The molecular weight excluding hydrogens is 234 g/mol. The Morgan fingerprint density at radius 3 is 2.88 bits per heavy atom. The Balaban J connectivity index is 1.77. The van der Waals surface area contributed by atoms with Crippen molar-refractivity contribution in [1.29, 1.82) is 0 Å². The zero-order chi connectivity index (χ0) is 12.3. The van der Waals surface area contributed by atoms with Gasteiger partial charge in [-0.1, -0.05) is 6.92 Å². The van der Waals surface area contributed by atoms with Crippen LogP contribution < -0.4 is 5.32 Å². The third kappa shape index (κ3) is 3.43. The first-order valence-electron chi connectivity index (χ1n) is 6.09. The molecule has 1 aromatic heterocycles. The van der Waals surface area contributed by atoms with Gasteiger partial charge in [0.1, 0.15) is 5.01 Å². The van der Waals surface area contributed by atoms with Crippen molar-refractivity contribution in [2.45, 2.75) is 33.2 Å². The number of nitrogens with one attached hydrogen (secondary N) is 1. The lowest BCUT2D eigenvalue weighted by Gasteiger charge is -2.30. The van der Waals surface area contributed by atoms with Crippen molar-refractivity contribution >= 4 is 17.4 Å². The average Bonchev–Trinajstić information content (AvgIpc) is 2.73. The molecule has 2 heterocycles. The van der Waals surface area contributed by atoms with E-state index >= 15 is 0 Å². The summed E-state index contributed by atoms with van der Waals surface area (Å²) in [5, 5.41) is 3.91. The van der Waals surface area contributed by atoms with Gasteiger partial charge in [0.15, 0.2) is 0 Å². The van der Waals surface area contributed by atoms with Gasteiger partial charge in [0.25, 0.3) is 0 Å². The molecule has 94 valence electrons. The van der Waals surface area contributed by atoms with Gasteiger partial charge < -0.3 is 10.2 Å². The van der Waals surface area contributed by atoms with E-state index in [0.29, 0.717) is 6.54 Å². The van der Waals surface area contributed by atoms with E-state index in [-0.39, 0.29) is 6.03 Å². The van der Waals surface area contributed by atoms with Crippen molar-refractivity contribution in [3.63, 3.8) is 0 Å². The first kappa shape index (κ1) is 12.4. The molecule has 0 atom stereocenters. The summed E-state index contributed by atoms with van der Waals surface area (Å²) >= 11 is 1.63. The van der Waals surface area contributed by atoms with Gasteiger partial charge in [-0.15, -0.1) is 11.3 Å². The van der Waals surface area contributed by atoms with Crippen LogP contribution in [0, 0.1) is 12.8 Å². The Morgan fingerprint density at radius 2 is 2.29 bits per heavy atom. The molecule has 1 saturated heterocycles. The highest BCUT2D eigenvalue weighted by Gasteiger charge is 2.19. The van der Waals surface area contributed by atoms with E-state index in [9.17, 15) is 4.79 Å². The second kappa shape index (κ2) is 5.49. The van der Waals surface area contributed by atoms with Gasteiger partial charge >= 0.3 is 6.03 Å². The fourth-order valence-electron chi connectivity index (χ4n) is 1.96. The van der Waals surface area contributed by atoms with Gasteiger partial charge in [0, 0.05) is 24.2 Å². The quantitative estimate of drug-likeness (QED) is 0.879. The number of rotatable bonds is 2. The highest BCUT2D eigenvalue weighted by molar-refractivity contribution is 7.11. The van der Waals surface area contributed by atoms with Crippen LogP contribution in [0.15, 0.2) is 6.20 Å². The molecule has 1 aromatic rings. The minimum atomic E-state index is 0.0461. The predicted molar refractivity (Wildman–Crippen MR) is 69.1 cm³/mol. The second-order valence-corrected chi connectivity index (χ2v) is 6.01. The third-order valence-corrected chi connectivity index (χ3v) is 4.04. The van der Waals surface area contributed by atoms with Gasteiger partial charge in [-0.25, -0.2) is 9.78 Å². The molecule has 0 aromatic carbocycles. The molecule has 5 heteroatoms. The molecule has 0 aliphatic carbocycles. The Hall–Kier alpha value is -1.10. The summed E-state index contributed by atoms with van der Waals surface area (Å²) in [6.45, 7) is 6.57. The molecule has 0 radical (unpaired) electrons. The number of nitrogens with zero attached hydrogens (tertiary/aromatic N) is 2. The third-order valence-electron chi connectivity index (χ3n) is 3.13. The van der Waals surface area contributed by atoms with Crippen LogP contribution >= 0.6 is 11.3 Å². The fraction of sp³-hybridized carbons (Fsp3) is 0.667. The van der Waals surface area contributed by atoms with Gasteiger partial charge in [0.2, 0.25) is 0 Å². The van der Waals surface area contributed by atoms with Gasteiger partial charge in [0.05, 0.1) is 6.54 Å². The lowest BCUT2D eigenvalue weighted by molar-refractivity contribution is 0.173. The molecule has 0 saturated carbocycles. The minimum absolute atomic E-state index is 0.0461. The van der Waals surface area contributed by atoms with Crippen molar-refractivity contribution in [1.82, 2.24) is 15.2 Å². The first-order chi connectivity index (χ1) is 8.15. The Bertz CT molecular complexity index is 383. The maximum Gasteiger partial charge on any atom is 0.317 e. The normalized spacial score (nSPS) is 17.2. The standard InChI is InChI=1S/C12H19N3OS/c1-9-3-5-15(6-4-9)12(16)14-8-11-13-7-10(2)17-11/h7,9H,3-6,8H2,1-2H3,(H,14,16). The smallest absolute Gasteiger partial charge is 0.317 e. The molecule has 2 rings (SSSR count). The van der Waals surface area contributed by atoms with Crippen LogP contribution in [0.2, 0.25) is 0 Å². The van der Waals surface area contributed by atoms with Gasteiger partial charge in [-0.2, -0.15) is 0 Å². The van der Waals surface area contributed by atoms with Crippen molar-refractivity contribution < 1.29 is 4.79 Å². The molecular formula is C12H19N3OS. The number of hydrogen-bond donors (Lipinski definition) is 1. The van der Waals surface area contributed by atoms with Crippen LogP contribution in [-0.4, -0.2) is 29.0 Å². The maximum atomic E-state index is 11.9. The molecule has 0 bridgehead atoms. The van der Waals surface area contributed by atoms with Gasteiger partial charge in [-0.05, 0) is 25.7 Å². The number of thiazole rings is 1. The van der Waals surface area contributed by atoms with Crippen LogP contribution in [0.3, 0.4) is 0 Å². The molecule has 1 aliphatic rings. The van der Waals surface area contributed by atoms with E-state index in [1.165, 1.54) is 4.88 Å². The van der Waals surface area contributed by atoms with Crippen molar-refractivity contribution in [3.05, 3.63) is 16.1 Å². The molecule has 1 fully saturated rings. The van der Waals surface area contributed by atoms with E-state index in [4.69, 9.17) is 0 Å². The molecule has 2 amide bonds. The number of urea groups is 1. The van der Waals surface area contributed by atoms with E-state index in [1.807, 2.05) is 18.0 Å². The summed E-state index contributed by atoms with van der Waals surface area (Å²) in [5.41, 5.74) is 0. The summed E-state index contributed by atoms with van der Waals surface area (Å²) in [6, 6.07) is 0.0461. The number of likely N-dealkylation sites (tertiary alicyclic amines) is 1. The molecule has 17 heavy (non-hydrogen) atoms. The lowest BCUT2D eigenvalue weighted by Crippen LogP contribution is -2.43. The summed E-state index contributed by atoms with van der Waals surface area (Å²) in [4.78, 5) is 19.2. The molecule has 0 spiro atoms. The van der Waals surface area contributed by atoms with Crippen molar-refractivity contribution in [2.24, 2.45) is 5.92 Å². The number of carbonyl (C=O) groups excluding carboxylic acids is 1. The predicted octanol–water partition coefficient (Wildman–Crippen LogP) is 2.39. The SMILES string of the molecule is Cc1cnc(CNC(=O)N2CCC(C)CC2)s1. The fourth-order valence-corrected chi connectivity index (χ4v) is 2.68. The number of carbonyl (C=O) groups is 1. The number of piperidine rings is 1. The van der Waals surface area contributed by atoms with Crippen LogP contribution in [0.4, 0.5) is 4.79 Å². The topological polar surface area (TPSA) is 45.2 Å². The second-order valence-electron chi connectivity index (χ2n) is 4.69. The van der Waals surface area contributed by atoms with E-state index in [2.05, 4.69) is 17.2 Å². The maximum absolute atomic E-state index is 11.9. The molecule has 0 unspecified atom stereocenters. The lowest BCUT2D eigenvalue weighted by atomic mass is 10.00. The number of hydrogen-bond acceptors (Lipinski definition) is 3. The summed E-state index contributed by atoms with van der Waals surface area (Å²) in [5.74, 6) is 0.751. The van der Waals surface area contributed by atoms with Gasteiger partial charge in [-0.3, -0.25) is 0 Å². The molecule has 1 N–H and O–H groups in total. The number of aromatic nitrogens is 1. The van der Waals surface area contributed by atoms with Crippen LogP contribution in [0.25, 0.3) is 0 Å². The van der Waals surface area contributed by atoms with Crippen LogP contribution in [-0.2, 0) is 6.54 Å². The molecule has 4 nitrogen and oxygen atoms in total. The number of amides is 2. The summed E-state index contributed by atoms with van der Waals surface area (Å²) < 4.78 is 0. The largest absolute Gasteiger partial charge is 0.331 e. The zero-order valence-corrected chi connectivity index (χ0v) is 11.2. The van der Waals surface area contributed by atoms with E-state index in [0.717, 1.165) is 36.9 Å². The van der Waals surface area contributed by atoms with Crippen molar-refractivity contribution in [3.8, 4) is 0 Å². The highest BCUT2D eigenvalue weighted by Crippen LogP contribution is 2.16. The Labute approximate surface area is 106 Å². The summed E-state index contributed by atoms with van der Waals surface area (Å²) in [7, 11) is 0. The van der Waals surface area contributed by atoms with E-state index in [1.54, 1.807) is 11.3 Å². The Morgan fingerprint density at radius 1 is 1.59 bits per heavy atom. The van der Waals surface area contributed by atoms with Crippen LogP contribution in [0.5, 0.6) is 0 Å². The summed E-state index contributed by atoms with van der Waals surface area (Å²) in [6.07, 6.45) is 4.07. The Kier molecular flexibility index (Phi) is 3.99. The van der Waals surface area contributed by atoms with Crippen LogP contribution in [0.1, 0.15) is 29.7 Å². The monoisotopic (exact) mass is 253 g/mol. The highest BCUT2D eigenvalue weighted by atomic mass is 32.1. The minimum Gasteiger partial charge on any atom is -0.331 e. The zero-order valence-electron chi connectivity index (χ0n) is 10.4. The first-order valence-corrected chi connectivity index (χ1v) is 6.91. The average molecular weight is 253 g/mol. The molecule has 1 aliphatic heterocycles. The van der Waals surface area contributed by atoms with Crippen molar-refractivity contribution in [2.75, 3.05) is 13.1 Å².